The summed E-state index contributed by atoms with van der Waals surface area (Å²) in [6.45, 7) is 5.18. The molecule has 2 atom stereocenters. The minimum atomic E-state index is 0.0835. The van der Waals surface area contributed by atoms with E-state index >= 15 is 0 Å². The molecule has 27 heavy (non-hydrogen) atoms. The summed E-state index contributed by atoms with van der Waals surface area (Å²) in [7, 11) is 0. The number of hydrogen-bond donors (Lipinski definition) is 2. The number of aryl methyl sites for hydroxylation is 1. The first-order valence-electron chi connectivity index (χ1n) is 10.7. The van der Waals surface area contributed by atoms with Crippen LogP contribution in [0.15, 0.2) is 0 Å². The third kappa shape index (κ3) is 4.51. The minimum absolute atomic E-state index is 0.0835. The molecule has 0 bridgehead atoms. The van der Waals surface area contributed by atoms with Crippen LogP contribution in [0.4, 0.5) is 0 Å². The summed E-state index contributed by atoms with van der Waals surface area (Å²) in [6.07, 6.45) is 9.58. The predicted octanol–water partition coefficient (Wildman–Crippen LogP) is 2.15. The number of hydrogen-bond acceptors (Lipinski definition) is 5. The molecular formula is C20H33N5O2. The van der Waals surface area contributed by atoms with E-state index in [2.05, 4.69) is 25.4 Å². The largest absolute Gasteiger partial charge is 0.381 e. The van der Waals surface area contributed by atoms with Crippen LogP contribution >= 0.6 is 0 Å². The fraction of sp³-hybridized carbons (Fsp3) is 0.850. The molecule has 1 aromatic rings. The summed E-state index contributed by atoms with van der Waals surface area (Å²) < 4.78 is 5.41. The maximum atomic E-state index is 12.8. The molecule has 1 aromatic heterocycles. The molecule has 7 heteroatoms. The van der Waals surface area contributed by atoms with E-state index in [1.807, 2.05) is 6.92 Å². The van der Waals surface area contributed by atoms with Crippen molar-refractivity contribution >= 4 is 5.91 Å². The van der Waals surface area contributed by atoms with E-state index < -0.39 is 0 Å². The average Bonchev–Trinajstić information content (AvgIpc) is 3.19. The third-order valence-electron chi connectivity index (χ3n) is 6.56. The van der Waals surface area contributed by atoms with Crippen molar-refractivity contribution < 1.29 is 9.53 Å². The third-order valence-corrected chi connectivity index (χ3v) is 6.56. The Kier molecular flexibility index (Phi) is 6.08. The molecule has 1 amide bonds. The second kappa shape index (κ2) is 8.69. The molecule has 3 heterocycles. The molecule has 0 spiro atoms. The Balaban J connectivity index is 1.46. The number of carbonyl (C=O) groups excluding carboxylic acids is 1. The van der Waals surface area contributed by atoms with E-state index in [0.29, 0.717) is 19.3 Å². The van der Waals surface area contributed by atoms with Crippen LogP contribution in [-0.4, -0.2) is 64.4 Å². The van der Waals surface area contributed by atoms with E-state index in [9.17, 15) is 4.79 Å². The number of aromatic nitrogens is 3. The number of ether oxygens (including phenoxy) is 1. The Morgan fingerprint density at radius 3 is 2.52 bits per heavy atom. The molecule has 3 aliphatic rings. The summed E-state index contributed by atoms with van der Waals surface area (Å²) in [4.78, 5) is 20.0. The number of likely N-dealkylation sites (tertiary alicyclic amines) is 1. The first-order chi connectivity index (χ1) is 13.2. The number of rotatable bonds is 4. The fourth-order valence-electron chi connectivity index (χ4n) is 4.95. The van der Waals surface area contributed by atoms with Gasteiger partial charge in [0.15, 0.2) is 5.82 Å². The van der Waals surface area contributed by atoms with Crippen molar-refractivity contribution in [3.63, 3.8) is 0 Å². The van der Waals surface area contributed by atoms with Crippen LogP contribution in [0.25, 0.3) is 0 Å². The Morgan fingerprint density at radius 2 is 1.85 bits per heavy atom. The number of H-pyrrole nitrogens is 1. The van der Waals surface area contributed by atoms with Crippen LogP contribution in [0.2, 0.25) is 0 Å². The number of nitrogens with zero attached hydrogens (tertiary/aromatic N) is 3. The van der Waals surface area contributed by atoms with Crippen molar-refractivity contribution in [1.29, 1.82) is 0 Å². The minimum Gasteiger partial charge on any atom is -0.381 e. The normalized spacial score (nSPS) is 28.9. The lowest BCUT2D eigenvalue weighted by Gasteiger charge is -2.27. The Hall–Kier alpha value is -1.47. The molecule has 1 saturated carbocycles. The molecule has 7 nitrogen and oxygen atoms in total. The molecular weight excluding hydrogens is 342 g/mol. The lowest BCUT2D eigenvalue weighted by Crippen LogP contribution is -2.44. The topological polar surface area (TPSA) is 83.1 Å². The molecule has 3 fully saturated rings. The van der Waals surface area contributed by atoms with Crippen LogP contribution in [0.3, 0.4) is 0 Å². The van der Waals surface area contributed by atoms with Crippen molar-refractivity contribution in [2.24, 2.45) is 5.92 Å². The van der Waals surface area contributed by atoms with Gasteiger partial charge in [-0.05, 0) is 32.6 Å². The van der Waals surface area contributed by atoms with Crippen LogP contribution in [0.1, 0.15) is 68.9 Å². The van der Waals surface area contributed by atoms with E-state index in [0.717, 1.165) is 37.6 Å². The number of carbonyl (C=O) groups is 1. The van der Waals surface area contributed by atoms with Gasteiger partial charge in [-0.3, -0.25) is 14.8 Å². The highest BCUT2D eigenvalue weighted by atomic mass is 16.5. The Bertz CT molecular complexity index is 620. The van der Waals surface area contributed by atoms with Gasteiger partial charge in [0.05, 0.1) is 12.0 Å². The van der Waals surface area contributed by atoms with Crippen LogP contribution < -0.4 is 5.32 Å². The van der Waals surface area contributed by atoms with Gasteiger partial charge in [0.25, 0.3) is 0 Å². The van der Waals surface area contributed by atoms with Crippen molar-refractivity contribution in [2.45, 2.75) is 76.3 Å². The highest BCUT2D eigenvalue weighted by molar-refractivity contribution is 5.79. The van der Waals surface area contributed by atoms with E-state index in [4.69, 9.17) is 4.74 Å². The number of aromatic amines is 1. The van der Waals surface area contributed by atoms with Crippen LogP contribution in [0, 0.1) is 12.8 Å². The zero-order chi connectivity index (χ0) is 18.6. The molecule has 2 N–H and O–H groups in total. The fourth-order valence-corrected chi connectivity index (χ4v) is 4.95. The van der Waals surface area contributed by atoms with Crippen molar-refractivity contribution in [3.05, 3.63) is 11.6 Å². The second-order valence-electron chi connectivity index (χ2n) is 8.49. The molecule has 0 unspecified atom stereocenters. The molecule has 4 rings (SSSR count). The highest BCUT2D eigenvalue weighted by Crippen LogP contribution is 2.31. The van der Waals surface area contributed by atoms with Gasteiger partial charge >= 0.3 is 0 Å². The van der Waals surface area contributed by atoms with Gasteiger partial charge in [0.2, 0.25) is 5.91 Å². The Morgan fingerprint density at radius 1 is 1.11 bits per heavy atom. The van der Waals surface area contributed by atoms with Crippen molar-refractivity contribution in [3.8, 4) is 0 Å². The number of amides is 1. The summed E-state index contributed by atoms with van der Waals surface area (Å²) in [5.41, 5.74) is 0. The molecule has 150 valence electrons. The summed E-state index contributed by atoms with van der Waals surface area (Å²) in [5.74, 6) is 2.12. The molecule has 2 saturated heterocycles. The van der Waals surface area contributed by atoms with Gasteiger partial charge in [-0.15, -0.1) is 0 Å². The molecule has 2 aliphatic heterocycles. The zero-order valence-electron chi connectivity index (χ0n) is 16.5. The lowest BCUT2D eigenvalue weighted by atomic mass is 9.97. The molecule has 0 radical (unpaired) electrons. The van der Waals surface area contributed by atoms with E-state index in [-0.39, 0.29) is 23.8 Å². The van der Waals surface area contributed by atoms with Gasteiger partial charge in [-0.25, -0.2) is 4.98 Å². The van der Waals surface area contributed by atoms with Crippen LogP contribution in [-0.2, 0) is 9.53 Å². The Labute approximate surface area is 161 Å². The summed E-state index contributed by atoms with van der Waals surface area (Å²) in [5, 5.41) is 10.8. The maximum Gasteiger partial charge on any atom is 0.223 e. The van der Waals surface area contributed by atoms with Crippen molar-refractivity contribution in [2.75, 3.05) is 26.3 Å². The van der Waals surface area contributed by atoms with E-state index in [1.165, 1.54) is 38.5 Å². The standard InChI is InChI=1S/C20H33N5O2/c1-14-21-19(24-23-14)17-12-25(16-6-4-2-3-5-7-16)13-18(17)22-20(26)15-8-10-27-11-9-15/h15-18H,2-13H2,1H3,(H,22,26)(H,21,23,24)/t17-,18-/m1/s1. The van der Waals surface area contributed by atoms with Gasteiger partial charge < -0.3 is 10.1 Å². The number of nitrogens with one attached hydrogen (secondary N) is 2. The van der Waals surface area contributed by atoms with E-state index in [1.54, 1.807) is 0 Å². The maximum absolute atomic E-state index is 12.8. The predicted molar refractivity (Wildman–Crippen MR) is 102 cm³/mol. The van der Waals surface area contributed by atoms with Gasteiger partial charge in [0.1, 0.15) is 5.82 Å². The van der Waals surface area contributed by atoms with Gasteiger partial charge in [0, 0.05) is 38.3 Å². The molecule has 0 aromatic carbocycles. The SMILES string of the molecule is Cc1nc([C@@H]2CN(C3CCCCCC3)C[C@H]2NC(=O)C2CCOCC2)n[nH]1. The summed E-state index contributed by atoms with van der Waals surface area (Å²) in [6, 6.07) is 0.735. The van der Waals surface area contributed by atoms with Gasteiger partial charge in [-0.1, -0.05) is 25.7 Å². The van der Waals surface area contributed by atoms with Gasteiger partial charge in [-0.2, -0.15) is 5.10 Å². The smallest absolute Gasteiger partial charge is 0.223 e. The lowest BCUT2D eigenvalue weighted by molar-refractivity contribution is -0.128. The first-order valence-corrected chi connectivity index (χ1v) is 10.7. The first kappa shape index (κ1) is 18.9. The summed E-state index contributed by atoms with van der Waals surface area (Å²) >= 11 is 0. The highest BCUT2D eigenvalue weighted by Gasteiger charge is 2.40. The molecule has 1 aliphatic carbocycles. The second-order valence-corrected chi connectivity index (χ2v) is 8.49. The van der Waals surface area contributed by atoms with Crippen LogP contribution in [0.5, 0.6) is 0 Å². The zero-order valence-corrected chi connectivity index (χ0v) is 16.5. The average molecular weight is 376 g/mol. The quantitative estimate of drug-likeness (QED) is 0.788. The monoisotopic (exact) mass is 375 g/mol. The van der Waals surface area contributed by atoms with Crippen molar-refractivity contribution in [1.82, 2.24) is 25.4 Å².